The monoisotopic (exact) mass is 233 g/mol. The molecule has 1 saturated heterocycles. The predicted molar refractivity (Wildman–Crippen MR) is 65.3 cm³/mol. The zero-order chi connectivity index (χ0) is 12.3. The predicted octanol–water partition coefficient (Wildman–Crippen LogP) is 1.86. The molecule has 1 aliphatic rings. The van der Waals surface area contributed by atoms with E-state index in [1.165, 1.54) is 12.1 Å². The molecule has 1 aromatic carbocycles. The molecule has 1 heterocycles. The van der Waals surface area contributed by atoms with Gasteiger partial charge in [-0.2, -0.15) is 5.26 Å². The Labute approximate surface area is 101 Å². The lowest BCUT2D eigenvalue weighted by Gasteiger charge is -2.37. The number of hydrogen-bond donors (Lipinski definition) is 0. The van der Waals surface area contributed by atoms with E-state index in [1.54, 1.807) is 12.1 Å². The van der Waals surface area contributed by atoms with Gasteiger partial charge in [0.2, 0.25) is 0 Å². The zero-order valence-electron chi connectivity index (χ0n) is 9.93. The first-order valence-electron chi connectivity index (χ1n) is 5.85. The van der Waals surface area contributed by atoms with Crippen molar-refractivity contribution < 1.29 is 4.39 Å². The second kappa shape index (κ2) is 5.15. The fraction of sp³-hybridized carbons (Fsp3) is 0.462. The van der Waals surface area contributed by atoms with Crippen LogP contribution < -0.4 is 4.90 Å². The maximum atomic E-state index is 12.8. The maximum absolute atomic E-state index is 12.8. The maximum Gasteiger partial charge on any atom is 0.123 e. The minimum Gasteiger partial charge on any atom is -0.369 e. The SMILES string of the molecule is CC(C#N)N1CCN(c2ccc(F)cc2)CC1. The molecule has 1 atom stereocenters. The van der Waals surface area contributed by atoms with Crippen LogP contribution in [0.25, 0.3) is 0 Å². The van der Waals surface area contributed by atoms with E-state index >= 15 is 0 Å². The van der Waals surface area contributed by atoms with E-state index in [0.717, 1.165) is 31.9 Å². The first-order valence-corrected chi connectivity index (χ1v) is 5.85. The first kappa shape index (κ1) is 11.9. The molecule has 0 spiro atoms. The summed E-state index contributed by atoms with van der Waals surface area (Å²) < 4.78 is 12.8. The Hall–Kier alpha value is -1.60. The summed E-state index contributed by atoms with van der Waals surface area (Å²) in [5.74, 6) is -0.203. The van der Waals surface area contributed by atoms with Crippen LogP contribution in [0.1, 0.15) is 6.92 Å². The summed E-state index contributed by atoms with van der Waals surface area (Å²) in [6.45, 7) is 5.46. The second-order valence-electron chi connectivity index (χ2n) is 4.30. The van der Waals surface area contributed by atoms with Crippen LogP contribution in [0, 0.1) is 17.1 Å². The molecular weight excluding hydrogens is 217 g/mol. The molecular formula is C13H16FN3. The van der Waals surface area contributed by atoms with E-state index in [9.17, 15) is 4.39 Å². The Bertz CT molecular complexity index is 402. The van der Waals surface area contributed by atoms with Crippen LogP contribution in [0.4, 0.5) is 10.1 Å². The Balaban J connectivity index is 1.95. The Morgan fingerprint density at radius 1 is 1.18 bits per heavy atom. The van der Waals surface area contributed by atoms with Crippen molar-refractivity contribution in [2.45, 2.75) is 13.0 Å². The van der Waals surface area contributed by atoms with Crippen LogP contribution in [-0.4, -0.2) is 37.1 Å². The molecule has 0 N–H and O–H groups in total. The lowest BCUT2D eigenvalue weighted by atomic mass is 10.2. The van der Waals surface area contributed by atoms with Crippen molar-refractivity contribution in [2.24, 2.45) is 0 Å². The molecule has 0 aliphatic carbocycles. The molecule has 4 heteroatoms. The minimum absolute atomic E-state index is 0.0228. The van der Waals surface area contributed by atoms with Gasteiger partial charge in [-0.05, 0) is 31.2 Å². The van der Waals surface area contributed by atoms with Gasteiger partial charge >= 0.3 is 0 Å². The summed E-state index contributed by atoms with van der Waals surface area (Å²) >= 11 is 0. The number of hydrogen-bond acceptors (Lipinski definition) is 3. The average molecular weight is 233 g/mol. The van der Waals surface area contributed by atoms with Crippen LogP contribution in [0.5, 0.6) is 0 Å². The molecule has 2 rings (SSSR count). The molecule has 0 amide bonds. The molecule has 3 nitrogen and oxygen atoms in total. The summed E-state index contributed by atoms with van der Waals surface area (Å²) in [6, 6.07) is 8.81. The smallest absolute Gasteiger partial charge is 0.123 e. The number of anilines is 1. The average Bonchev–Trinajstić information content (AvgIpc) is 2.39. The Morgan fingerprint density at radius 2 is 1.76 bits per heavy atom. The van der Waals surface area contributed by atoms with E-state index in [2.05, 4.69) is 15.9 Å². The number of nitrogens with zero attached hydrogens (tertiary/aromatic N) is 3. The second-order valence-corrected chi connectivity index (χ2v) is 4.30. The number of benzene rings is 1. The summed E-state index contributed by atoms with van der Waals surface area (Å²) in [5.41, 5.74) is 1.05. The highest BCUT2D eigenvalue weighted by molar-refractivity contribution is 5.46. The van der Waals surface area contributed by atoms with Gasteiger partial charge < -0.3 is 4.90 Å². The Kier molecular flexibility index (Phi) is 3.60. The van der Waals surface area contributed by atoms with Crippen LogP contribution in [0.3, 0.4) is 0 Å². The van der Waals surface area contributed by atoms with Gasteiger partial charge in [-0.25, -0.2) is 4.39 Å². The lowest BCUT2D eigenvalue weighted by Crippen LogP contribution is -2.49. The van der Waals surface area contributed by atoms with Gasteiger partial charge in [0.15, 0.2) is 0 Å². The highest BCUT2D eigenvalue weighted by atomic mass is 19.1. The van der Waals surface area contributed by atoms with Gasteiger partial charge in [0.1, 0.15) is 5.82 Å². The normalized spacial score (nSPS) is 18.8. The molecule has 1 aliphatic heterocycles. The van der Waals surface area contributed by atoms with Crippen LogP contribution in [-0.2, 0) is 0 Å². The van der Waals surface area contributed by atoms with Gasteiger partial charge in [-0.3, -0.25) is 4.90 Å². The molecule has 17 heavy (non-hydrogen) atoms. The third-order valence-electron chi connectivity index (χ3n) is 3.24. The van der Waals surface area contributed by atoms with Crippen molar-refractivity contribution in [1.82, 2.24) is 4.90 Å². The summed E-state index contributed by atoms with van der Waals surface area (Å²) in [4.78, 5) is 4.39. The van der Waals surface area contributed by atoms with Crippen molar-refractivity contribution in [2.75, 3.05) is 31.1 Å². The van der Waals surface area contributed by atoms with Crippen LogP contribution >= 0.6 is 0 Å². The highest BCUT2D eigenvalue weighted by Gasteiger charge is 2.20. The molecule has 1 unspecified atom stereocenters. The fourth-order valence-corrected chi connectivity index (χ4v) is 2.10. The fourth-order valence-electron chi connectivity index (χ4n) is 2.10. The van der Waals surface area contributed by atoms with Crippen molar-refractivity contribution >= 4 is 5.69 Å². The van der Waals surface area contributed by atoms with Gasteiger partial charge in [0.05, 0.1) is 12.1 Å². The molecule has 0 bridgehead atoms. The van der Waals surface area contributed by atoms with E-state index < -0.39 is 0 Å². The van der Waals surface area contributed by atoms with E-state index in [4.69, 9.17) is 5.26 Å². The van der Waals surface area contributed by atoms with Gasteiger partial charge in [0.25, 0.3) is 0 Å². The van der Waals surface area contributed by atoms with Gasteiger partial charge in [-0.1, -0.05) is 0 Å². The van der Waals surface area contributed by atoms with E-state index in [1.807, 2.05) is 6.92 Å². The van der Waals surface area contributed by atoms with Gasteiger partial charge in [0, 0.05) is 31.9 Å². The third-order valence-corrected chi connectivity index (χ3v) is 3.24. The van der Waals surface area contributed by atoms with Crippen LogP contribution in [0.2, 0.25) is 0 Å². The summed E-state index contributed by atoms with van der Waals surface area (Å²) in [7, 11) is 0. The largest absolute Gasteiger partial charge is 0.369 e. The molecule has 0 radical (unpaired) electrons. The number of rotatable bonds is 2. The summed E-state index contributed by atoms with van der Waals surface area (Å²) in [6.07, 6.45) is 0. The van der Waals surface area contributed by atoms with Crippen molar-refractivity contribution in [1.29, 1.82) is 5.26 Å². The summed E-state index contributed by atoms with van der Waals surface area (Å²) in [5, 5.41) is 8.85. The number of halogens is 1. The molecule has 0 saturated carbocycles. The first-order chi connectivity index (χ1) is 8.20. The van der Waals surface area contributed by atoms with E-state index in [0.29, 0.717) is 0 Å². The lowest BCUT2D eigenvalue weighted by molar-refractivity contribution is 0.231. The van der Waals surface area contributed by atoms with Crippen molar-refractivity contribution in [3.05, 3.63) is 30.1 Å². The number of nitriles is 1. The quantitative estimate of drug-likeness (QED) is 0.781. The van der Waals surface area contributed by atoms with E-state index in [-0.39, 0.29) is 11.9 Å². The van der Waals surface area contributed by atoms with Crippen LogP contribution in [0.15, 0.2) is 24.3 Å². The molecule has 1 fully saturated rings. The molecule has 90 valence electrons. The standard InChI is InChI=1S/C13H16FN3/c1-11(10-15)16-6-8-17(9-7-16)13-4-2-12(14)3-5-13/h2-5,11H,6-9H2,1H3. The van der Waals surface area contributed by atoms with Gasteiger partial charge in [-0.15, -0.1) is 0 Å². The highest BCUT2D eigenvalue weighted by Crippen LogP contribution is 2.17. The number of piperazine rings is 1. The molecule has 0 aromatic heterocycles. The van der Waals surface area contributed by atoms with Crippen molar-refractivity contribution in [3.63, 3.8) is 0 Å². The Morgan fingerprint density at radius 3 is 2.29 bits per heavy atom. The minimum atomic E-state index is -0.203. The zero-order valence-corrected chi connectivity index (χ0v) is 9.93. The van der Waals surface area contributed by atoms with Crippen molar-refractivity contribution in [3.8, 4) is 6.07 Å². The third kappa shape index (κ3) is 2.75. The molecule has 1 aromatic rings. The topological polar surface area (TPSA) is 30.3 Å².